The molecule has 8 atom stereocenters. The maximum Gasteiger partial charge on any atom is 0.326 e. The zero-order chi connectivity index (χ0) is 31.3. The van der Waals surface area contributed by atoms with Gasteiger partial charge in [0, 0.05) is 32.4 Å². The second-order valence-corrected chi connectivity index (χ2v) is 10.6. The molecule has 2 aliphatic heterocycles. The van der Waals surface area contributed by atoms with Crippen molar-refractivity contribution in [2.24, 2.45) is 5.73 Å². The minimum Gasteiger partial charge on any atom is -0.508 e. The van der Waals surface area contributed by atoms with E-state index in [9.17, 15) is 54.6 Å². The van der Waals surface area contributed by atoms with Gasteiger partial charge in [-0.3, -0.25) is 19.2 Å². The van der Waals surface area contributed by atoms with E-state index >= 15 is 0 Å². The number of aliphatic hydroxyl groups is 4. The van der Waals surface area contributed by atoms with Crippen molar-refractivity contribution in [1.29, 1.82) is 0 Å². The smallest absolute Gasteiger partial charge is 0.326 e. The van der Waals surface area contributed by atoms with Crippen LogP contribution in [0.5, 0.6) is 5.75 Å². The molecule has 1 aromatic carbocycles. The first-order chi connectivity index (χ1) is 19.7. The van der Waals surface area contributed by atoms with Gasteiger partial charge in [-0.2, -0.15) is 0 Å². The van der Waals surface area contributed by atoms with Crippen molar-refractivity contribution in [3.8, 4) is 5.75 Å². The lowest BCUT2D eigenvalue weighted by molar-refractivity contribution is -0.147. The molecule has 16 heteroatoms. The van der Waals surface area contributed by atoms with Gasteiger partial charge in [0.15, 0.2) is 0 Å². The number of nitrogens with zero attached hydrogens (tertiary/aromatic N) is 2. The summed E-state index contributed by atoms with van der Waals surface area (Å²) in [6.07, 6.45) is -4.31. The zero-order valence-electron chi connectivity index (χ0n) is 22.9. The Labute approximate surface area is 240 Å². The van der Waals surface area contributed by atoms with E-state index in [1.807, 2.05) is 0 Å². The van der Waals surface area contributed by atoms with Crippen molar-refractivity contribution < 1.29 is 54.6 Å². The molecule has 0 radical (unpaired) electrons. The summed E-state index contributed by atoms with van der Waals surface area (Å²) in [6, 6.07) is -1.30. The van der Waals surface area contributed by atoms with Gasteiger partial charge in [-0.15, -0.1) is 0 Å². The Balaban J connectivity index is 1.75. The highest BCUT2D eigenvalue weighted by molar-refractivity contribution is 5.96. The lowest BCUT2D eigenvalue weighted by Crippen LogP contribution is -2.60. The van der Waals surface area contributed by atoms with Crippen LogP contribution in [0.1, 0.15) is 25.3 Å². The van der Waals surface area contributed by atoms with Crippen LogP contribution in [0, 0.1) is 0 Å². The molecule has 42 heavy (non-hydrogen) atoms. The SMILES string of the molecule is C[C@@H](O)[C@H](NC(=O)[C@@H]1C[C@@H](O)CN1C(=O)[C@@H](N)CO)C(=O)N1C[C@H](O)C[C@H]1C(=O)N[C@@H](Cc1ccc(O)cc1)C(=O)O. The van der Waals surface area contributed by atoms with Crippen LogP contribution < -0.4 is 16.4 Å². The van der Waals surface area contributed by atoms with E-state index < -0.39 is 84.7 Å². The summed E-state index contributed by atoms with van der Waals surface area (Å²) in [7, 11) is 0. The van der Waals surface area contributed by atoms with E-state index in [1.54, 1.807) is 0 Å². The Morgan fingerprint density at radius 2 is 1.43 bits per heavy atom. The number of rotatable bonds is 11. The topological polar surface area (TPSA) is 263 Å². The molecule has 16 nitrogen and oxygen atoms in total. The Morgan fingerprint density at radius 1 is 0.929 bits per heavy atom. The summed E-state index contributed by atoms with van der Waals surface area (Å²) in [6.45, 7) is -0.0826. The molecule has 0 bridgehead atoms. The largest absolute Gasteiger partial charge is 0.508 e. The fraction of sp³-hybridized carbons (Fsp3) is 0.577. The third-order valence-corrected chi connectivity index (χ3v) is 7.28. The number of phenolic OH excluding ortho intramolecular Hbond substituents is 1. The summed E-state index contributed by atoms with van der Waals surface area (Å²) in [5, 5.41) is 63.7. The molecule has 2 aliphatic rings. The molecule has 0 saturated carbocycles. The second-order valence-electron chi connectivity index (χ2n) is 10.6. The van der Waals surface area contributed by atoms with Gasteiger partial charge in [-0.05, 0) is 24.6 Å². The number of β-amino-alcohol motifs (C(OH)–C–C–N with tert-alkyl or cyclic N) is 2. The van der Waals surface area contributed by atoms with Crippen LogP contribution in [0.3, 0.4) is 0 Å². The molecule has 0 aromatic heterocycles. The van der Waals surface area contributed by atoms with E-state index in [2.05, 4.69) is 10.6 Å². The summed E-state index contributed by atoms with van der Waals surface area (Å²) < 4.78 is 0. The first-order valence-electron chi connectivity index (χ1n) is 13.4. The minimum absolute atomic E-state index is 0.0272. The van der Waals surface area contributed by atoms with E-state index in [0.29, 0.717) is 5.56 Å². The highest BCUT2D eigenvalue weighted by Gasteiger charge is 2.45. The van der Waals surface area contributed by atoms with Crippen LogP contribution >= 0.6 is 0 Å². The van der Waals surface area contributed by atoms with Crippen LogP contribution in [0.25, 0.3) is 0 Å². The van der Waals surface area contributed by atoms with Gasteiger partial charge in [0.1, 0.15) is 36.0 Å². The number of phenols is 1. The molecule has 10 N–H and O–H groups in total. The molecule has 3 rings (SSSR count). The highest BCUT2D eigenvalue weighted by atomic mass is 16.4. The molecule has 2 heterocycles. The van der Waals surface area contributed by atoms with Crippen LogP contribution in [-0.2, 0) is 30.4 Å². The maximum absolute atomic E-state index is 13.5. The van der Waals surface area contributed by atoms with E-state index in [4.69, 9.17) is 5.73 Å². The fourth-order valence-electron chi connectivity index (χ4n) is 5.06. The van der Waals surface area contributed by atoms with Crippen LogP contribution in [0.4, 0.5) is 0 Å². The number of carboxylic acid groups (broad SMARTS) is 1. The second kappa shape index (κ2) is 13.9. The van der Waals surface area contributed by atoms with Gasteiger partial charge >= 0.3 is 5.97 Å². The number of aromatic hydroxyl groups is 1. The van der Waals surface area contributed by atoms with Crippen molar-refractivity contribution in [2.45, 2.75) is 74.7 Å². The average molecular weight is 596 g/mol. The Kier molecular flexibility index (Phi) is 10.8. The monoisotopic (exact) mass is 595 g/mol. The number of nitrogens with two attached hydrogens (primary N) is 1. The highest BCUT2D eigenvalue weighted by Crippen LogP contribution is 2.23. The first kappa shape index (κ1) is 32.7. The van der Waals surface area contributed by atoms with Gasteiger partial charge < -0.3 is 56.8 Å². The number of likely N-dealkylation sites (tertiary alicyclic amines) is 2. The van der Waals surface area contributed by atoms with Gasteiger partial charge in [0.2, 0.25) is 23.6 Å². The number of nitrogens with one attached hydrogen (secondary N) is 2. The number of amides is 4. The quantitative estimate of drug-likeness (QED) is 0.117. The molecule has 232 valence electrons. The average Bonchev–Trinajstić information content (AvgIpc) is 3.53. The van der Waals surface area contributed by atoms with Gasteiger partial charge in [0.25, 0.3) is 0 Å². The number of aliphatic carboxylic acids is 1. The third-order valence-electron chi connectivity index (χ3n) is 7.28. The van der Waals surface area contributed by atoms with Gasteiger partial charge in [-0.1, -0.05) is 12.1 Å². The summed E-state index contributed by atoms with van der Waals surface area (Å²) >= 11 is 0. The number of carboxylic acids is 1. The molecule has 2 fully saturated rings. The molecule has 0 unspecified atom stereocenters. The lowest BCUT2D eigenvalue weighted by Gasteiger charge is -2.32. The number of hydrogen-bond donors (Lipinski definition) is 9. The number of aliphatic hydroxyl groups excluding tert-OH is 4. The van der Waals surface area contributed by atoms with Crippen molar-refractivity contribution in [3.05, 3.63) is 29.8 Å². The summed E-state index contributed by atoms with van der Waals surface area (Å²) in [4.78, 5) is 66.1. The van der Waals surface area contributed by atoms with Crippen molar-refractivity contribution in [2.75, 3.05) is 19.7 Å². The normalized spacial score (nSPS) is 24.9. The van der Waals surface area contributed by atoms with Gasteiger partial charge in [0.05, 0.1) is 24.9 Å². The Morgan fingerprint density at radius 3 is 1.90 bits per heavy atom. The maximum atomic E-state index is 13.5. The van der Waals surface area contributed by atoms with E-state index in [0.717, 1.165) is 9.80 Å². The number of benzene rings is 1. The fourth-order valence-corrected chi connectivity index (χ4v) is 5.06. The first-order valence-corrected chi connectivity index (χ1v) is 13.4. The molecule has 1 aromatic rings. The molecular weight excluding hydrogens is 558 g/mol. The van der Waals surface area contributed by atoms with E-state index in [1.165, 1.54) is 31.2 Å². The number of carbonyl (C=O) groups excluding carboxylic acids is 4. The molecule has 0 spiro atoms. The third kappa shape index (κ3) is 7.71. The molecule has 0 aliphatic carbocycles. The van der Waals surface area contributed by atoms with Crippen LogP contribution in [0.2, 0.25) is 0 Å². The molecule has 2 saturated heterocycles. The van der Waals surface area contributed by atoms with Crippen molar-refractivity contribution >= 4 is 29.6 Å². The van der Waals surface area contributed by atoms with Crippen LogP contribution in [0.15, 0.2) is 24.3 Å². The van der Waals surface area contributed by atoms with Crippen molar-refractivity contribution in [3.63, 3.8) is 0 Å². The predicted molar refractivity (Wildman–Crippen MR) is 142 cm³/mol. The Bertz CT molecular complexity index is 1160. The van der Waals surface area contributed by atoms with Crippen molar-refractivity contribution in [1.82, 2.24) is 20.4 Å². The molecule has 4 amide bonds. The summed E-state index contributed by atoms with van der Waals surface area (Å²) in [5.41, 5.74) is 6.08. The minimum atomic E-state index is -1.63. The van der Waals surface area contributed by atoms with Crippen LogP contribution in [-0.4, -0.2) is 138 Å². The van der Waals surface area contributed by atoms with Gasteiger partial charge in [-0.25, -0.2) is 4.79 Å². The summed E-state index contributed by atoms with van der Waals surface area (Å²) in [5.74, 6) is -4.90. The molecular formula is C26H37N5O11. The standard InChI is InChI=1S/C26H37N5O11/c1-12(33)21(29-23(38)20-8-15(35)9-30(20)24(39)17(27)11-32)25(40)31-10-16(36)7-19(31)22(37)28-18(26(41)42)6-13-2-4-14(34)5-3-13/h2-5,12,15-21,32-36H,6-11,27H2,1H3,(H,28,37)(H,29,38)(H,41,42)/t12-,15-,16-,17+,18+,19+,20+,21+/m1/s1. The zero-order valence-corrected chi connectivity index (χ0v) is 22.9. The Hall–Kier alpha value is -3.83. The number of carbonyl (C=O) groups is 5. The predicted octanol–water partition coefficient (Wildman–Crippen LogP) is -4.39. The number of hydrogen-bond acceptors (Lipinski definition) is 11. The van der Waals surface area contributed by atoms with E-state index in [-0.39, 0.29) is 38.1 Å². The lowest BCUT2D eigenvalue weighted by atomic mass is 10.0.